The fraction of sp³-hybridized carbons (Fsp3) is 0.0909. The highest BCUT2D eigenvalue weighted by Gasteiger charge is 2.05. The topological polar surface area (TPSA) is 50.2 Å². The number of carboxylic acids is 1. The van der Waals surface area contributed by atoms with E-state index in [4.69, 9.17) is 5.11 Å². The van der Waals surface area contributed by atoms with E-state index in [1.807, 2.05) is 0 Å². The predicted octanol–water partition coefficient (Wildman–Crippen LogP) is 2.55. The summed E-state index contributed by atoms with van der Waals surface area (Å²) in [4.78, 5) is 15.3. The number of aromatic nitrogens is 1. The molecule has 82 valence electrons. The lowest BCUT2D eigenvalue weighted by Gasteiger charge is -2.03. The number of carbonyl (C=O) groups is 1. The molecule has 0 atom stereocenters. The third kappa shape index (κ3) is 2.30. The summed E-state index contributed by atoms with van der Waals surface area (Å²) in [6.45, 7) is 0. The number of thioether (sulfide) groups is 1. The van der Waals surface area contributed by atoms with Crippen LogP contribution in [-0.2, 0) is 4.79 Å². The number of benzene rings is 1. The zero-order valence-corrected chi connectivity index (χ0v) is 9.00. The van der Waals surface area contributed by atoms with Crippen LogP contribution in [0.2, 0.25) is 0 Å². The van der Waals surface area contributed by atoms with Gasteiger partial charge in [0.25, 0.3) is 0 Å². The van der Waals surface area contributed by atoms with E-state index in [2.05, 4.69) is 4.98 Å². The maximum atomic E-state index is 12.9. The van der Waals surface area contributed by atoms with Crippen molar-refractivity contribution < 1.29 is 14.3 Å². The number of halogens is 1. The number of pyridine rings is 1. The van der Waals surface area contributed by atoms with E-state index in [9.17, 15) is 9.18 Å². The van der Waals surface area contributed by atoms with Crippen LogP contribution in [0.15, 0.2) is 35.4 Å². The number of fused-ring (bicyclic) bond motifs is 1. The van der Waals surface area contributed by atoms with Gasteiger partial charge in [-0.05, 0) is 18.2 Å². The molecule has 0 unspecified atom stereocenters. The highest BCUT2D eigenvalue weighted by Crippen LogP contribution is 2.26. The average molecular weight is 237 g/mol. The van der Waals surface area contributed by atoms with Gasteiger partial charge in [0.1, 0.15) is 5.82 Å². The lowest BCUT2D eigenvalue weighted by atomic mass is 10.2. The van der Waals surface area contributed by atoms with Crippen molar-refractivity contribution in [2.75, 3.05) is 5.75 Å². The van der Waals surface area contributed by atoms with Crippen LogP contribution >= 0.6 is 11.8 Å². The summed E-state index contributed by atoms with van der Waals surface area (Å²) in [5.41, 5.74) is 0.537. The van der Waals surface area contributed by atoms with Gasteiger partial charge in [-0.1, -0.05) is 0 Å². The van der Waals surface area contributed by atoms with Gasteiger partial charge in [0.15, 0.2) is 0 Å². The quantitative estimate of drug-likeness (QED) is 0.833. The van der Waals surface area contributed by atoms with Crippen LogP contribution in [0.25, 0.3) is 10.9 Å². The molecule has 0 bridgehead atoms. The van der Waals surface area contributed by atoms with E-state index < -0.39 is 5.97 Å². The van der Waals surface area contributed by atoms with Crippen LogP contribution in [-0.4, -0.2) is 21.8 Å². The zero-order valence-electron chi connectivity index (χ0n) is 8.18. The van der Waals surface area contributed by atoms with E-state index in [1.54, 1.807) is 18.3 Å². The van der Waals surface area contributed by atoms with E-state index in [-0.39, 0.29) is 11.6 Å². The maximum Gasteiger partial charge on any atom is 0.313 e. The third-order valence-corrected chi connectivity index (χ3v) is 3.07. The number of nitrogens with zero attached hydrogens (tertiary/aromatic N) is 1. The molecule has 1 N–H and O–H groups in total. The second-order valence-electron chi connectivity index (χ2n) is 3.15. The minimum atomic E-state index is -0.878. The Kier molecular flexibility index (Phi) is 3.05. The van der Waals surface area contributed by atoms with E-state index >= 15 is 0 Å². The van der Waals surface area contributed by atoms with Crippen molar-refractivity contribution in [1.82, 2.24) is 4.98 Å². The van der Waals surface area contributed by atoms with Crippen LogP contribution in [0.3, 0.4) is 0 Å². The molecule has 2 rings (SSSR count). The molecule has 3 nitrogen and oxygen atoms in total. The van der Waals surface area contributed by atoms with E-state index in [0.29, 0.717) is 5.52 Å². The molecule has 0 aliphatic rings. The summed E-state index contributed by atoms with van der Waals surface area (Å²) in [5.74, 6) is -1.24. The number of hydrogen-bond acceptors (Lipinski definition) is 3. The van der Waals surface area contributed by atoms with Crippen molar-refractivity contribution in [3.05, 3.63) is 36.3 Å². The first-order chi connectivity index (χ1) is 7.66. The van der Waals surface area contributed by atoms with Crippen LogP contribution < -0.4 is 0 Å². The van der Waals surface area contributed by atoms with Crippen molar-refractivity contribution in [1.29, 1.82) is 0 Å². The van der Waals surface area contributed by atoms with Crippen LogP contribution in [0.1, 0.15) is 0 Å². The van der Waals surface area contributed by atoms with Crippen molar-refractivity contribution in [2.45, 2.75) is 4.90 Å². The molecule has 0 aliphatic carbocycles. The van der Waals surface area contributed by atoms with Gasteiger partial charge < -0.3 is 5.11 Å². The van der Waals surface area contributed by atoms with Crippen molar-refractivity contribution in [3.8, 4) is 0 Å². The monoisotopic (exact) mass is 237 g/mol. The Hall–Kier alpha value is -1.62. The Balaban J connectivity index is 2.41. The van der Waals surface area contributed by atoms with Crippen LogP contribution in [0, 0.1) is 5.82 Å². The molecule has 0 saturated heterocycles. The Labute approximate surface area is 95.3 Å². The molecule has 0 saturated carbocycles. The first-order valence-electron chi connectivity index (χ1n) is 4.55. The minimum absolute atomic E-state index is 0.0174. The summed E-state index contributed by atoms with van der Waals surface area (Å²) < 4.78 is 12.9. The fourth-order valence-electron chi connectivity index (χ4n) is 1.36. The Morgan fingerprint density at radius 2 is 2.25 bits per heavy atom. The van der Waals surface area contributed by atoms with Gasteiger partial charge in [-0.3, -0.25) is 9.78 Å². The molecule has 16 heavy (non-hydrogen) atoms. The van der Waals surface area contributed by atoms with Gasteiger partial charge in [0.2, 0.25) is 0 Å². The van der Waals surface area contributed by atoms with Gasteiger partial charge in [0, 0.05) is 22.5 Å². The smallest absolute Gasteiger partial charge is 0.313 e. The van der Waals surface area contributed by atoms with Crippen molar-refractivity contribution in [3.63, 3.8) is 0 Å². The standard InChI is InChI=1S/C11H8FNO2S/c12-7-1-2-8-9(5-7)13-4-3-10(8)16-6-11(14)15/h1-5H,6H2,(H,14,15). The molecular weight excluding hydrogens is 229 g/mol. The minimum Gasteiger partial charge on any atom is -0.481 e. The van der Waals surface area contributed by atoms with Gasteiger partial charge in [-0.25, -0.2) is 4.39 Å². The van der Waals surface area contributed by atoms with E-state index in [0.717, 1.165) is 10.3 Å². The molecule has 2 aromatic rings. The lowest BCUT2D eigenvalue weighted by Crippen LogP contribution is -1.97. The van der Waals surface area contributed by atoms with Gasteiger partial charge >= 0.3 is 5.97 Å². The molecular formula is C11H8FNO2S. The van der Waals surface area contributed by atoms with Gasteiger partial charge in [-0.2, -0.15) is 0 Å². The first-order valence-corrected chi connectivity index (χ1v) is 5.54. The molecule has 0 fully saturated rings. The summed E-state index contributed by atoms with van der Waals surface area (Å²) in [6, 6.07) is 6.02. The second kappa shape index (κ2) is 4.49. The van der Waals surface area contributed by atoms with Gasteiger partial charge in [-0.15, -0.1) is 11.8 Å². The lowest BCUT2D eigenvalue weighted by molar-refractivity contribution is -0.133. The fourth-order valence-corrected chi connectivity index (χ4v) is 2.12. The Morgan fingerprint density at radius 3 is 3.00 bits per heavy atom. The Morgan fingerprint density at radius 1 is 1.44 bits per heavy atom. The summed E-state index contributed by atoms with van der Waals surface area (Å²) in [6.07, 6.45) is 1.55. The molecule has 1 aromatic carbocycles. The Bertz CT molecular complexity index is 544. The molecule has 0 radical (unpaired) electrons. The molecule has 5 heteroatoms. The number of carboxylic acid groups (broad SMARTS) is 1. The highest BCUT2D eigenvalue weighted by molar-refractivity contribution is 8.00. The molecule has 1 heterocycles. The largest absolute Gasteiger partial charge is 0.481 e. The molecule has 0 aliphatic heterocycles. The van der Waals surface area contributed by atoms with Crippen LogP contribution in [0.4, 0.5) is 4.39 Å². The highest BCUT2D eigenvalue weighted by atomic mass is 32.2. The maximum absolute atomic E-state index is 12.9. The van der Waals surface area contributed by atoms with E-state index in [1.165, 1.54) is 23.9 Å². The SMILES string of the molecule is O=C(O)CSc1ccnc2cc(F)ccc12. The van der Waals surface area contributed by atoms with Crippen LogP contribution in [0.5, 0.6) is 0 Å². The normalized spacial score (nSPS) is 10.6. The summed E-state index contributed by atoms with van der Waals surface area (Å²) in [5, 5.41) is 9.37. The average Bonchev–Trinajstić information content (AvgIpc) is 2.25. The number of aliphatic carboxylic acids is 1. The van der Waals surface area contributed by atoms with Gasteiger partial charge in [0.05, 0.1) is 11.3 Å². The first kappa shape index (κ1) is 10.9. The predicted molar refractivity (Wildman–Crippen MR) is 60.1 cm³/mol. The number of rotatable bonds is 3. The van der Waals surface area contributed by atoms with Crippen molar-refractivity contribution >= 4 is 28.6 Å². The second-order valence-corrected chi connectivity index (χ2v) is 4.17. The summed E-state index contributed by atoms with van der Waals surface area (Å²) >= 11 is 1.20. The molecule has 0 amide bonds. The number of hydrogen-bond donors (Lipinski definition) is 1. The molecule has 1 aromatic heterocycles. The third-order valence-electron chi connectivity index (χ3n) is 2.02. The van der Waals surface area contributed by atoms with Crippen molar-refractivity contribution in [2.24, 2.45) is 0 Å². The zero-order chi connectivity index (χ0) is 11.5. The summed E-state index contributed by atoms with van der Waals surface area (Å²) in [7, 11) is 0. The molecule has 0 spiro atoms.